The minimum absolute atomic E-state index is 0.0544. The first kappa shape index (κ1) is 15.4. The molecule has 3 nitrogen and oxygen atoms in total. The van der Waals surface area contributed by atoms with Crippen molar-refractivity contribution in [1.82, 2.24) is 14.9 Å². The van der Waals surface area contributed by atoms with Crippen molar-refractivity contribution < 1.29 is 0 Å². The maximum atomic E-state index is 6.21. The van der Waals surface area contributed by atoms with Crippen LogP contribution in [0.5, 0.6) is 0 Å². The highest BCUT2D eigenvalue weighted by molar-refractivity contribution is 6.35. The number of nitrogens with zero attached hydrogens (tertiary/aromatic N) is 2. The summed E-state index contributed by atoms with van der Waals surface area (Å²) in [4.78, 5) is 4.39. The Morgan fingerprint density at radius 2 is 1.85 bits per heavy atom. The predicted molar refractivity (Wildman–Crippen MR) is 84.4 cm³/mol. The number of hydrogen-bond acceptors (Lipinski definition) is 2. The second-order valence-corrected chi connectivity index (χ2v) is 6.59. The van der Waals surface area contributed by atoms with Crippen molar-refractivity contribution in [1.29, 1.82) is 0 Å². The summed E-state index contributed by atoms with van der Waals surface area (Å²) >= 11 is 12.4. The minimum Gasteiger partial charge on any atom is -0.329 e. The van der Waals surface area contributed by atoms with Gasteiger partial charge in [0.25, 0.3) is 0 Å². The molecule has 0 saturated carbocycles. The molecular formula is C15H19Cl2N3. The van der Waals surface area contributed by atoms with Crippen molar-refractivity contribution in [3.05, 3.63) is 52.0 Å². The molecule has 0 aliphatic heterocycles. The Hall–Kier alpha value is -1.03. The van der Waals surface area contributed by atoms with Gasteiger partial charge in [-0.3, -0.25) is 0 Å². The summed E-state index contributed by atoms with van der Waals surface area (Å²) in [6, 6.07) is 5.56. The molecule has 0 amide bonds. The highest BCUT2D eigenvalue weighted by Crippen LogP contribution is 2.25. The summed E-state index contributed by atoms with van der Waals surface area (Å²) in [5, 5.41) is 4.79. The smallest absolute Gasteiger partial charge is 0.122 e. The van der Waals surface area contributed by atoms with E-state index in [4.69, 9.17) is 23.2 Å². The molecule has 0 fully saturated rings. The Morgan fingerprint density at radius 1 is 1.20 bits per heavy atom. The first-order chi connectivity index (χ1) is 9.37. The monoisotopic (exact) mass is 311 g/mol. The molecule has 0 spiro atoms. The third-order valence-electron chi connectivity index (χ3n) is 2.97. The van der Waals surface area contributed by atoms with Crippen molar-refractivity contribution in [2.45, 2.75) is 39.4 Å². The highest BCUT2D eigenvalue weighted by atomic mass is 35.5. The van der Waals surface area contributed by atoms with Crippen molar-refractivity contribution in [3.63, 3.8) is 0 Å². The van der Waals surface area contributed by atoms with E-state index in [2.05, 4.69) is 35.6 Å². The third kappa shape index (κ3) is 3.98. The van der Waals surface area contributed by atoms with Crippen LogP contribution in [0.25, 0.3) is 0 Å². The number of imidazole rings is 1. The van der Waals surface area contributed by atoms with Crippen LogP contribution in [-0.2, 0) is 13.1 Å². The lowest BCUT2D eigenvalue weighted by atomic mass is 10.1. The van der Waals surface area contributed by atoms with Gasteiger partial charge in [-0.15, -0.1) is 0 Å². The second-order valence-electron chi connectivity index (χ2n) is 5.78. The molecule has 20 heavy (non-hydrogen) atoms. The molecule has 0 aliphatic rings. The molecule has 1 N–H and O–H groups in total. The van der Waals surface area contributed by atoms with E-state index in [-0.39, 0.29) is 5.54 Å². The minimum atomic E-state index is 0.0544. The fourth-order valence-corrected chi connectivity index (χ4v) is 2.37. The van der Waals surface area contributed by atoms with Crippen molar-refractivity contribution in [3.8, 4) is 0 Å². The molecule has 1 aromatic heterocycles. The maximum absolute atomic E-state index is 6.21. The molecule has 2 aromatic rings. The van der Waals surface area contributed by atoms with E-state index in [0.717, 1.165) is 11.4 Å². The predicted octanol–water partition coefficient (Wildman–Crippen LogP) is 4.13. The van der Waals surface area contributed by atoms with Gasteiger partial charge in [0, 0.05) is 33.5 Å². The largest absolute Gasteiger partial charge is 0.329 e. The summed E-state index contributed by atoms with van der Waals surface area (Å²) in [6.07, 6.45) is 3.74. The Bertz CT molecular complexity index is 565. The normalized spacial score (nSPS) is 11.8. The molecule has 0 radical (unpaired) electrons. The molecule has 5 heteroatoms. The van der Waals surface area contributed by atoms with Gasteiger partial charge in [-0.25, -0.2) is 4.98 Å². The van der Waals surface area contributed by atoms with Crippen LogP contribution >= 0.6 is 23.2 Å². The number of hydrogen-bond donors (Lipinski definition) is 1. The van der Waals surface area contributed by atoms with Crippen LogP contribution in [0, 0.1) is 0 Å². The van der Waals surface area contributed by atoms with Crippen LogP contribution in [0.4, 0.5) is 0 Å². The van der Waals surface area contributed by atoms with Crippen LogP contribution in [0.3, 0.4) is 0 Å². The van der Waals surface area contributed by atoms with Crippen LogP contribution in [-0.4, -0.2) is 15.1 Å². The van der Waals surface area contributed by atoms with E-state index in [9.17, 15) is 0 Å². The average molecular weight is 312 g/mol. The SMILES string of the molecule is CC(C)(C)NCc1nccn1Cc1c(Cl)cccc1Cl. The Balaban J connectivity index is 2.17. The zero-order valence-corrected chi connectivity index (χ0v) is 13.5. The molecule has 2 rings (SSSR count). The number of benzene rings is 1. The number of nitrogens with one attached hydrogen (secondary N) is 1. The summed E-state index contributed by atoms with van der Waals surface area (Å²) in [6.45, 7) is 7.72. The van der Waals surface area contributed by atoms with Crippen LogP contribution < -0.4 is 5.32 Å². The zero-order chi connectivity index (χ0) is 14.8. The lowest BCUT2D eigenvalue weighted by Gasteiger charge is -2.20. The topological polar surface area (TPSA) is 29.9 Å². The summed E-state index contributed by atoms with van der Waals surface area (Å²) in [7, 11) is 0. The molecule has 0 bridgehead atoms. The molecule has 108 valence electrons. The van der Waals surface area contributed by atoms with Crippen molar-refractivity contribution in [2.24, 2.45) is 0 Å². The molecule has 1 heterocycles. The van der Waals surface area contributed by atoms with E-state index in [1.807, 2.05) is 24.4 Å². The summed E-state index contributed by atoms with van der Waals surface area (Å²) < 4.78 is 2.06. The van der Waals surface area contributed by atoms with Gasteiger partial charge in [0.2, 0.25) is 0 Å². The van der Waals surface area contributed by atoms with Crippen molar-refractivity contribution >= 4 is 23.2 Å². The van der Waals surface area contributed by atoms with Crippen LogP contribution in [0.2, 0.25) is 10.0 Å². The quantitative estimate of drug-likeness (QED) is 0.920. The number of aromatic nitrogens is 2. The van der Waals surface area contributed by atoms with Crippen LogP contribution in [0.1, 0.15) is 32.2 Å². The number of halogens is 2. The Kier molecular flexibility index (Phi) is 4.74. The van der Waals surface area contributed by atoms with E-state index in [1.165, 1.54) is 0 Å². The average Bonchev–Trinajstić information content (AvgIpc) is 2.78. The van der Waals surface area contributed by atoms with Gasteiger partial charge in [-0.05, 0) is 32.9 Å². The highest BCUT2D eigenvalue weighted by Gasteiger charge is 2.12. The first-order valence-corrected chi connectivity index (χ1v) is 7.30. The van der Waals surface area contributed by atoms with Crippen molar-refractivity contribution in [2.75, 3.05) is 0 Å². The number of rotatable bonds is 4. The van der Waals surface area contributed by atoms with Gasteiger partial charge in [0.1, 0.15) is 5.82 Å². The Labute approximate surface area is 129 Å². The van der Waals surface area contributed by atoms with Gasteiger partial charge in [0.05, 0.1) is 13.1 Å². The van der Waals surface area contributed by atoms with Gasteiger partial charge in [-0.2, -0.15) is 0 Å². The van der Waals surface area contributed by atoms with Gasteiger partial charge in [-0.1, -0.05) is 29.3 Å². The molecule has 0 atom stereocenters. The molecule has 0 unspecified atom stereocenters. The molecule has 0 saturated heterocycles. The second kappa shape index (κ2) is 6.17. The summed E-state index contributed by atoms with van der Waals surface area (Å²) in [5.74, 6) is 0.968. The third-order valence-corrected chi connectivity index (χ3v) is 3.68. The molecule has 1 aromatic carbocycles. The van der Waals surface area contributed by atoms with Gasteiger partial charge in [0.15, 0.2) is 0 Å². The standard InChI is InChI=1S/C15H19Cl2N3/c1-15(2,3)19-9-14-18-7-8-20(14)10-11-12(16)5-4-6-13(11)17/h4-8,19H,9-10H2,1-3H3. The van der Waals surface area contributed by atoms with E-state index >= 15 is 0 Å². The van der Waals surface area contributed by atoms with E-state index < -0.39 is 0 Å². The van der Waals surface area contributed by atoms with E-state index in [1.54, 1.807) is 6.20 Å². The zero-order valence-electron chi connectivity index (χ0n) is 12.0. The van der Waals surface area contributed by atoms with Gasteiger partial charge < -0.3 is 9.88 Å². The molecular weight excluding hydrogens is 293 g/mol. The van der Waals surface area contributed by atoms with E-state index in [0.29, 0.717) is 23.1 Å². The first-order valence-electron chi connectivity index (χ1n) is 6.55. The fourth-order valence-electron chi connectivity index (χ4n) is 1.85. The van der Waals surface area contributed by atoms with Crippen LogP contribution in [0.15, 0.2) is 30.6 Å². The Morgan fingerprint density at radius 3 is 2.45 bits per heavy atom. The maximum Gasteiger partial charge on any atom is 0.122 e. The van der Waals surface area contributed by atoms with Gasteiger partial charge >= 0.3 is 0 Å². The fraction of sp³-hybridized carbons (Fsp3) is 0.400. The lowest BCUT2D eigenvalue weighted by molar-refractivity contribution is 0.413. The lowest BCUT2D eigenvalue weighted by Crippen LogP contribution is -2.36. The molecule has 0 aliphatic carbocycles. The summed E-state index contributed by atoms with van der Waals surface area (Å²) in [5.41, 5.74) is 0.976.